The van der Waals surface area contributed by atoms with E-state index in [0.717, 1.165) is 18.4 Å². The monoisotopic (exact) mass is 226 g/mol. The van der Waals surface area contributed by atoms with Gasteiger partial charge in [-0.3, -0.25) is 4.72 Å². The predicted molar refractivity (Wildman–Crippen MR) is 61.2 cm³/mol. The van der Waals surface area contributed by atoms with Gasteiger partial charge < -0.3 is 5.73 Å². The van der Waals surface area contributed by atoms with Crippen LogP contribution in [0.4, 0.5) is 11.4 Å². The van der Waals surface area contributed by atoms with Gasteiger partial charge >= 0.3 is 0 Å². The first-order chi connectivity index (χ1) is 6.99. The van der Waals surface area contributed by atoms with Crippen molar-refractivity contribution in [3.05, 3.63) is 23.8 Å². The van der Waals surface area contributed by atoms with Crippen molar-refractivity contribution >= 4 is 21.4 Å². The van der Waals surface area contributed by atoms with Crippen LogP contribution in [0.15, 0.2) is 18.2 Å². The highest BCUT2D eigenvalue weighted by Crippen LogP contribution is 2.31. The van der Waals surface area contributed by atoms with Crippen molar-refractivity contribution < 1.29 is 8.42 Å². The van der Waals surface area contributed by atoms with Gasteiger partial charge in [-0.05, 0) is 37.5 Å². The summed E-state index contributed by atoms with van der Waals surface area (Å²) in [6.07, 6.45) is 1.50. The molecule has 1 fully saturated rings. The fraction of sp³-hybridized carbons (Fsp3) is 0.400. The van der Waals surface area contributed by atoms with E-state index in [0.29, 0.717) is 11.4 Å². The van der Waals surface area contributed by atoms with Crippen LogP contribution in [0.1, 0.15) is 18.4 Å². The van der Waals surface area contributed by atoms with Crippen molar-refractivity contribution in [2.24, 2.45) is 0 Å². The van der Waals surface area contributed by atoms with Crippen LogP contribution in [0.25, 0.3) is 0 Å². The Balaban J connectivity index is 2.27. The molecule has 0 aromatic heterocycles. The Kier molecular flexibility index (Phi) is 2.34. The number of hydrogen-bond acceptors (Lipinski definition) is 3. The number of anilines is 2. The summed E-state index contributed by atoms with van der Waals surface area (Å²) in [5.41, 5.74) is 7.62. The SMILES string of the molecule is Cc1ccc(N)c(NS(=O)(=O)C2CC2)c1. The molecule has 0 heterocycles. The van der Waals surface area contributed by atoms with Crippen molar-refractivity contribution in [1.82, 2.24) is 0 Å². The van der Waals surface area contributed by atoms with Gasteiger partial charge in [0, 0.05) is 0 Å². The summed E-state index contributed by atoms with van der Waals surface area (Å²) in [5, 5.41) is -0.225. The van der Waals surface area contributed by atoms with Crippen LogP contribution < -0.4 is 10.5 Å². The molecule has 4 nitrogen and oxygen atoms in total. The molecule has 1 aliphatic rings. The van der Waals surface area contributed by atoms with E-state index in [-0.39, 0.29) is 5.25 Å². The largest absolute Gasteiger partial charge is 0.397 e. The van der Waals surface area contributed by atoms with E-state index in [4.69, 9.17) is 5.73 Å². The van der Waals surface area contributed by atoms with E-state index >= 15 is 0 Å². The Morgan fingerprint density at radius 2 is 2.07 bits per heavy atom. The van der Waals surface area contributed by atoms with Crippen LogP contribution >= 0.6 is 0 Å². The number of nitrogens with two attached hydrogens (primary N) is 1. The topological polar surface area (TPSA) is 72.2 Å². The van der Waals surface area contributed by atoms with Crippen LogP contribution in [-0.4, -0.2) is 13.7 Å². The second-order valence-electron chi connectivity index (χ2n) is 3.94. The van der Waals surface area contributed by atoms with Crippen molar-refractivity contribution in [2.75, 3.05) is 10.5 Å². The molecule has 1 aromatic rings. The summed E-state index contributed by atoms with van der Waals surface area (Å²) in [6.45, 7) is 1.90. The lowest BCUT2D eigenvalue weighted by Gasteiger charge is -2.10. The number of benzene rings is 1. The van der Waals surface area contributed by atoms with Crippen molar-refractivity contribution in [1.29, 1.82) is 0 Å². The second-order valence-corrected chi connectivity index (χ2v) is 5.90. The molecule has 0 amide bonds. The fourth-order valence-electron chi connectivity index (χ4n) is 1.37. The van der Waals surface area contributed by atoms with Gasteiger partial charge in [0.2, 0.25) is 10.0 Å². The zero-order chi connectivity index (χ0) is 11.1. The average molecular weight is 226 g/mol. The number of aryl methyl sites for hydroxylation is 1. The third-order valence-electron chi connectivity index (χ3n) is 2.42. The highest BCUT2D eigenvalue weighted by atomic mass is 32.2. The molecule has 0 aliphatic heterocycles. The molecule has 0 radical (unpaired) electrons. The number of nitrogen functional groups attached to an aromatic ring is 1. The lowest BCUT2D eigenvalue weighted by Crippen LogP contribution is -2.18. The smallest absolute Gasteiger partial charge is 0.235 e. The van der Waals surface area contributed by atoms with Crippen LogP contribution in [0.2, 0.25) is 0 Å². The fourth-order valence-corrected chi connectivity index (χ4v) is 2.78. The van der Waals surface area contributed by atoms with Gasteiger partial charge in [-0.15, -0.1) is 0 Å². The Morgan fingerprint density at radius 3 is 2.67 bits per heavy atom. The maximum absolute atomic E-state index is 11.7. The summed E-state index contributed by atoms with van der Waals surface area (Å²) in [7, 11) is -3.21. The highest BCUT2D eigenvalue weighted by molar-refractivity contribution is 7.93. The zero-order valence-corrected chi connectivity index (χ0v) is 9.34. The quantitative estimate of drug-likeness (QED) is 0.767. The van der Waals surface area contributed by atoms with E-state index in [2.05, 4.69) is 4.72 Å². The lowest BCUT2D eigenvalue weighted by molar-refractivity contribution is 0.600. The van der Waals surface area contributed by atoms with Crippen LogP contribution in [0, 0.1) is 6.92 Å². The van der Waals surface area contributed by atoms with Crippen LogP contribution in [-0.2, 0) is 10.0 Å². The second kappa shape index (κ2) is 3.41. The molecule has 1 saturated carbocycles. The lowest BCUT2D eigenvalue weighted by atomic mass is 10.2. The molecule has 1 aliphatic carbocycles. The molecule has 15 heavy (non-hydrogen) atoms. The average Bonchev–Trinajstić information content (AvgIpc) is 2.93. The standard InChI is InChI=1S/C10H14N2O2S/c1-7-2-5-9(11)10(6-7)12-15(13,14)8-3-4-8/h2,5-6,8,12H,3-4,11H2,1H3. The number of sulfonamides is 1. The molecule has 5 heteroatoms. The van der Waals surface area contributed by atoms with Crippen molar-refractivity contribution in [3.8, 4) is 0 Å². The van der Waals surface area contributed by atoms with Crippen molar-refractivity contribution in [3.63, 3.8) is 0 Å². The third-order valence-corrected chi connectivity index (χ3v) is 4.28. The molecule has 0 spiro atoms. The molecular weight excluding hydrogens is 212 g/mol. The highest BCUT2D eigenvalue weighted by Gasteiger charge is 2.35. The molecule has 0 unspecified atom stereocenters. The maximum Gasteiger partial charge on any atom is 0.235 e. The molecule has 82 valence electrons. The first kappa shape index (κ1) is 10.3. The molecule has 3 N–H and O–H groups in total. The Bertz CT molecular complexity index is 478. The van der Waals surface area contributed by atoms with E-state index < -0.39 is 10.0 Å². The van der Waals surface area contributed by atoms with Gasteiger partial charge in [-0.25, -0.2) is 8.42 Å². The van der Waals surface area contributed by atoms with E-state index in [9.17, 15) is 8.42 Å². The van der Waals surface area contributed by atoms with Crippen LogP contribution in [0.5, 0.6) is 0 Å². The minimum atomic E-state index is -3.21. The molecule has 1 aromatic carbocycles. The Labute approximate surface area is 89.5 Å². The minimum Gasteiger partial charge on any atom is -0.397 e. The Hall–Kier alpha value is -1.23. The number of hydrogen-bond donors (Lipinski definition) is 2. The van der Waals surface area contributed by atoms with Crippen molar-refractivity contribution in [2.45, 2.75) is 25.0 Å². The Morgan fingerprint density at radius 1 is 1.40 bits per heavy atom. The van der Waals surface area contributed by atoms with Gasteiger partial charge in [-0.2, -0.15) is 0 Å². The van der Waals surface area contributed by atoms with Gasteiger partial charge in [-0.1, -0.05) is 6.07 Å². The minimum absolute atomic E-state index is 0.225. The number of rotatable bonds is 3. The summed E-state index contributed by atoms with van der Waals surface area (Å²) < 4.78 is 25.9. The zero-order valence-electron chi connectivity index (χ0n) is 8.53. The van der Waals surface area contributed by atoms with Gasteiger partial charge in [0.05, 0.1) is 16.6 Å². The van der Waals surface area contributed by atoms with Gasteiger partial charge in [0.25, 0.3) is 0 Å². The first-order valence-corrected chi connectivity index (χ1v) is 6.41. The molecule has 2 rings (SSSR count). The first-order valence-electron chi connectivity index (χ1n) is 4.87. The third kappa shape index (κ3) is 2.23. The van der Waals surface area contributed by atoms with Gasteiger partial charge in [0.1, 0.15) is 0 Å². The van der Waals surface area contributed by atoms with E-state index in [1.807, 2.05) is 13.0 Å². The van der Waals surface area contributed by atoms with E-state index in [1.165, 1.54) is 0 Å². The molecule has 0 saturated heterocycles. The predicted octanol–water partition coefficient (Wildman–Crippen LogP) is 1.48. The molecular formula is C10H14N2O2S. The van der Waals surface area contributed by atoms with E-state index in [1.54, 1.807) is 12.1 Å². The van der Waals surface area contributed by atoms with Crippen LogP contribution in [0.3, 0.4) is 0 Å². The summed E-state index contributed by atoms with van der Waals surface area (Å²) in [5.74, 6) is 0. The summed E-state index contributed by atoms with van der Waals surface area (Å²) in [4.78, 5) is 0. The summed E-state index contributed by atoms with van der Waals surface area (Å²) in [6, 6.07) is 5.31. The maximum atomic E-state index is 11.7. The summed E-state index contributed by atoms with van der Waals surface area (Å²) >= 11 is 0. The molecule has 0 atom stereocenters. The van der Waals surface area contributed by atoms with Gasteiger partial charge in [0.15, 0.2) is 0 Å². The normalized spacial score (nSPS) is 16.3. The molecule has 0 bridgehead atoms. The number of nitrogens with one attached hydrogen (secondary N) is 1.